The summed E-state index contributed by atoms with van der Waals surface area (Å²) in [5.74, 6) is 1.57. The molecule has 0 aliphatic carbocycles. The van der Waals surface area contributed by atoms with Crippen molar-refractivity contribution in [2.45, 2.75) is 13.8 Å². The Bertz CT molecular complexity index is 525. The van der Waals surface area contributed by atoms with Gasteiger partial charge in [0, 0.05) is 17.0 Å². The number of thiazole rings is 1. The molecule has 1 aromatic heterocycles. The Morgan fingerprint density at radius 3 is 2.61 bits per heavy atom. The summed E-state index contributed by atoms with van der Waals surface area (Å²) in [5.41, 5.74) is 7.43. The summed E-state index contributed by atoms with van der Waals surface area (Å²) in [5, 5.41) is 2.48. The van der Waals surface area contributed by atoms with Gasteiger partial charge in [0.1, 0.15) is 11.5 Å². The number of benzene rings is 1. The molecule has 0 amide bonds. The second-order valence-electron chi connectivity index (χ2n) is 3.59. The highest BCUT2D eigenvalue weighted by Gasteiger charge is 2.10. The van der Waals surface area contributed by atoms with E-state index in [1.807, 2.05) is 37.4 Å². The molecule has 0 aliphatic rings. The number of rotatable bonds is 5. The van der Waals surface area contributed by atoms with Crippen molar-refractivity contribution in [1.29, 1.82) is 0 Å². The predicted molar refractivity (Wildman–Crippen MR) is 74.3 cm³/mol. The van der Waals surface area contributed by atoms with Crippen LogP contribution in [0.1, 0.15) is 13.8 Å². The van der Waals surface area contributed by atoms with E-state index in [4.69, 9.17) is 15.2 Å². The number of nitrogens with zero attached hydrogens (tertiary/aromatic N) is 1. The largest absolute Gasteiger partial charge is 0.494 e. The maximum absolute atomic E-state index is 5.66. The van der Waals surface area contributed by atoms with Crippen molar-refractivity contribution in [2.24, 2.45) is 0 Å². The minimum atomic E-state index is 0.557. The standard InChI is InChI=1S/C13H16N2O2S/c1-3-16-9-5-6-10(12(7-9)17-4-2)11-8-18-13(14)15-11/h5-8H,3-4H2,1-2H3,(H2,14,15). The highest BCUT2D eigenvalue weighted by Crippen LogP contribution is 2.34. The van der Waals surface area contributed by atoms with Crippen molar-refractivity contribution in [3.63, 3.8) is 0 Å². The number of hydrogen-bond acceptors (Lipinski definition) is 5. The molecule has 0 aliphatic heterocycles. The average Bonchev–Trinajstić information content (AvgIpc) is 2.77. The van der Waals surface area contributed by atoms with Crippen LogP contribution in [-0.4, -0.2) is 18.2 Å². The van der Waals surface area contributed by atoms with Gasteiger partial charge in [-0.15, -0.1) is 11.3 Å². The molecule has 0 saturated heterocycles. The molecule has 0 unspecified atom stereocenters. The predicted octanol–water partition coefficient (Wildman–Crippen LogP) is 3.19. The third-order valence-corrected chi connectivity index (χ3v) is 3.04. The van der Waals surface area contributed by atoms with Crippen molar-refractivity contribution in [2.75, 3.05) is 18.9 Å². The van der Waals surface area contributed by atoms with Crippen LogP contribution in [0.3, 0.4) is 0 Å². The zero-order valence-electron chi connectivity index (χ0n) is 10.5. The van der Waals surface area contributed by atoms with E-state index in [0.717, 1.165) is 22.8 Å². The summed E-state index contributed by atoms with van der Waals surface area (Å²) in [6.45, 7) is 5.14. The smallest absolute Gasteiger partial charge is 0.180 e. The molecule has 96 valence electrons. The van der Waals surface area contributed by atoms with Gasteiger partial charge in [0.2, 0.25) is 0 Å². The lowest BCUT2D eigenvalue weighted by Crippen LogP contribution is -1.97. The summed E-state index contributed by atoms with van der Waals surface area (Å²) in [4.78, 5) is 4.27. The van der Waals surface area contributed by atoms with Crippen molar-refractivity contribution in [3.05, 3.63) is 23.6 Å². The minimum absolute atomic E-state index is 0.557. The van der Waals surface area contributed by atoms with Crippen LogP contribution < -0.4 is 15.2 Å². The van der Waals surface area contributed by atoms with Crippen molar-refractivity contribution < 1.29 is 9.47 Å². The second-order valence-corrected chi connectivity index (χ2v) is 4.48. The Hall–Kier alpha value is -1.75. The first kappa shape index (κ1) is 12.7. The van der Waals surface area contributed by atoms with Gasteiger partial charge in [-0.2, -0.15) is 0 Å². The molecule has 2 rings (SSSR count). The van der Waals surface area contributed by atoms with E-state index in [2.05, 4.69) is 4.98 Å². The molecule has 5 heteroatoms. The molecule has 0 atom stereocenters. The number of anilines is 1. The molecule has 2 aromatic rings. The van der Waals surface area contributed by atoms with Crippen LogP contribution in [0.2, 0.25) is 0 Å². The fourth-order valence-corrected chi connectivity index (χ4v) is 2.22. The van der Waals surface area contributed by atoms with Crippen molar-refractivity contribution >= 4 is 16.5 Å². The number of nitrogens with two attached hydrogens (primary N) is 1. The summed E-state index contributed by atoms with van der Waals surface area (Å²) in [6.07, 6.45) is 0. The maximum atomic E-state index is 5.66. The van der Waals surface area contributed by atoms with Gasteiger partial charge in [-0.25, -0.2) is 4.98 Å². The van der Waals surface area contributed by atoms with Crippen LogP contribution in [0, 0.1) is 0 Å². The van der Waals surface area contributed by atoms with Gasteiger partial charge in [-0.05, 0) is 26.0 Å². The molecule has 0 saturated carbocycles. The van der Waals surface area contributed by atoms with Gasteiger partial charge >= 0.3 is 0 Å². The fraction of sp³-hybridized carbons (Fsp3) is 0.308. The molecule has 18 heavy (non-hydrogen) atoms. The summed E-state index contributed by atoms with van der Waals surface area (Å²) >= 11 is 1.42. The Morgan fingerprint density at radius 2 is 2.00 bits per heavy atom. The number of nitrogen functional groups attached to an aromatic ring is 1. The van der Waals surface area contributed by atoms with Gasteiger partial charge in [-0.3, -0.25) is 0 Å². The van der Waals surface area contributed by atoms with Gasteiger partial charge < -0.3 is 15.2 Å². The third-order valence-electron chi connectivity index (χ3n) is 2.36. The fourth-order valence-electron chi connectivity index (χ4n) is 1.66. The number of aromatic nitrogens is 1. The van der Waals surface area contributed by atoms with E-state index in [1.54, 1.807) is 0 Å². The zero-order valence-corrected chi connectivity index (χ0v) is 11.3. The SMILES string of the molecule is CCOc1ccc(-c2csc(N)n2)c(OCC)c1. The first-order valence-electron chi connectivity index (χ1n) is 5.85. The Balaban J connectivity index is 2.39. The highest BCUT2D eigenvalue weighted by atomic mass is 32.1. The van der Waals surface area contributed by atoms with Crippen LogP contribution in [-0.2, 0) is 0 Å². The monoisotopic (exact) mass is 264 g/mol. The van der Waals surface area contributed by atoms with Crippen LogP contribution >= 0.6 is 11.3 Å². The molecule has 0 radical (unpaired) electrons. The van der Waals surface area contributed by atoms with Gasteiger partial charge in [0.25, 0.3) is 0 Å². The van der Waals surface area contributed by atoms with Crippen LogP contribution in [0.5, 0.6) is 11.5 Å². The van der Waals surface area contributed by atoms with Crippen molar-refractivity contribution in [3.8, 4) is 22.8 Å². The molecule has 1 aromatic carbocycles. The lowest BCUT2D eigenvalue weighted by Gasteiger charge is -2.11. The second kappa shape index (κ2) is 5.73. The van der Waals surface area contributed by atoms with Gasteiger partial charge in [0.05, 0.1) is 18.9 Å². The van der Waals surface area contributed by atoms with E-state index in [1.165, 1.54) is 11.3 Å². The van der Waals surface area contributed by atoms with E-state index in [9.17, 15) is 0 Å². The van der Waals surface area contributed by atoms with Crippen LogP contribution in [0.4, 0.5) is 5.13 Å². The lowest BCUT2D eigenvalue weighted by molar-refractivity contribution is 0.324. The van der Waals surface area contributed by atoms with Gasteiger partial charge in [0.15, 0.2) is 5.13 Å². The molecular weight excluding hydrogens is 248 g/mol. The van der Waals surface area contributed by atoms with Crippen LogP contribution in [0.15, 0.2) is 23.6 Å². The van der Waals surface area contributed by atoms with E-state index in [0.29, 0.717) is 18.3 Å². The van der Waals surface area contributed by atoms with E-state index >= 15 is 0 Å². The first-order valence-corrected chi connectivity index (χ1v) is 6.73. The highest BCUT2D eigenvalue weighted by molar-refractivity contribution is 7.13. The van der Waals surface area contributed by atoms with Crippen molar-refractivity contribution in [1.82, 2.24) is 4.98 Å². The Labute approximate surface area is 110 Å². The molecule has 4 nitrogen and oxygen atoms in total. The Kier molecular flexibility index (Phi) is 4.04. The number of hydrogen-bond donors (Lipinski definition) is 1. The third kappa shape index (κ3) is 2.73. The minimum Gasteiger partial charge on any atom is -0.494 e. The zero-order chi connectivity index (χ0) is 13.0. The first-order chi connectivity index (χ1) is 8.74. The normalized spacial score (nSPS) is 10.3. The molecule has 1 heterocycles. The summed E-state index contributed by atoms with van der Waals surface area (Å²) < 4.78 is 11.1. The topological polar surface area (TPSA) is 57.4 Å². The maximum Gasteiger partial charge on any atom is 0.180 e. The van der Waals surface area contributed by atoms with E-state index < -0.39 is 0 Å². The Morgan fingerprint density at radius 1 is 1.22 bits per heavy atom. The van der Waals surface area contributed by atoms with Crippen LogP contribution in [0.25, 0.3) is 11.3 Å². The lowest BCUT2D eigenvalue weighted by atomic mass is 10.1. The number of ether oxygens (including phenoxy) is 2. The summed E-state index contributed by atoms with van der Waals surface area (Å²) in [7, 11) is 0. The molecule has 0 fully saturated rings. The molecule has 2 N–H and O–H groups in total. The van der Waals surface area contributed by atoms with Gasteiger partial charge in [-0.1, -0.05) is 0 Å². The molecular formula is C13H16N2O2S. The van der Waals surface area contributed by atoms with E-state index in [-0.39, 0.29) is 0 Å². The summed E-state index contributed by atoms with van der Waals surface area (Å²) in [6, 6.07) is 5.75. The quantitative estimate of drug-likeness (QED) is 0.901. The average molecular weight is 264 g/mol. The molecule has 0 bridgehead atoms. The molecule has 0 spiro atoms.